The molecule has 2 aliphatic rings. The van der Waals surface area contributed by atoms with Crippen LogP contribution in [0.2, 0.25) is 0 Å². The maximum absolute atomic E-state index is 11.8. The van der Waals surface area contributed by atoms with E-state index in [1.165, 1.54) is 4.91 Å². The number of nitrogens with zero attached hydrogens (tertiary/aromatic N) is 8. The van der Waals surface area contributed by atoms with Gasteiger partial charge < -0.3 is 20.9 Å². The van der Waals surface area contributed by atoms with Gasteiger partial charge in [-0.3, -0.25) is 14.5 Å². The first-order valence-corrected chi connectivity index (χ1v) is 12.1. The summed E-state index contributed by atoms with van der Waals surface area (Å²) in [5, 5.41) is 3.48. The van der Waals surface area contributed by atoms with Crippen LogP contribution in [0.4, 0.5) is 11.4 Å². The molecule has 2 amide bonds. The van der Waals surface area contributed by atoms with Crippen LogP contribution in [0, 0.1) is 0 Å². The van der Waals surface area contributed by atoms with Gasteiger partial charge in [0.2, 0.25) is 11.8 Å². The second-order valence-electron chi connectivity index (χ2n) is 6.79. The Morgan fingerprint density at radius 1 is 0.794 bits per heavy atom. The first kappa shape index (κ1) is 30.5. The minimum Gasteiger partial charge on any atom is -0.373 e. The molecule has 172 valence electrons. The predicted molar refractivity (Wildman–Crippen MR) is 138 cm³/mol. The molecule has 0 N–H and O–H groups in total. The van der Waals surface area contributed by atoms with Crippen molar-refractivity contribution in [3.05, 3.63) is 83.9 Å². The summed E-state index contributed by atoms with van der Waals surface area (Å²) in [5.41, 5.74) is 23.6. The Morgan fingerprint density at radius 3 is 1.59 bits per heavy atom. The first-order chi connectivity index (χ1) is 15.8. The van der Waals surface area contributed by atoms with Crippen LogP contribution in [0.25, 0.3) is 26.4 Å². The molecule has 2 aromatic carbocycles. The molecule has 10 nitrogen and oxygen atoms in total. The zero-order valence-corrected chi connectivity index (χ0v) is 24.9. The van der Waals surface area contributed by atoms with Gasteiger partial charge >= 0.3 is 29.6 Å². The summed E-state index contributed by atoms with van der Waals surface area (Å²) < 4.78 is 2.00. The van der Waals surface area contributed by atoms with Gasteiger partial charge in [-0.2, -0.15) is 0 Å². The van der Waals surface area contributed by atoms with Crippen LogP contribution in [0.5, 0.6) is 0 Å². The summed E-state index contributed by atoms with van der Waals surface area (Å²) in [4.78, 5) is 31.1. The fourth-order valence-electron chi connectivity index (χ4n) is 3.23. The molecular formula is C20H18Br3N8NaO2. The van der Waals surface area contributed by atoms with Gasteiger partial charge in [0.05, 0.1) is 4.83 Å². The van der Waals surface area contributed by atoms with Gasteiger partial charge in [-0.25, -0.2) is 0 Å². The van der Waals surface area contributed by atoms with Crippen molar-refractivity contribution in [3.8, 4) is 0 Å². The Labute approximate surface area is 243 Å². The van der Waals surface area contributed by atoms with Gasteiger partial charge in [-0.15, -0.1) is 0 Å². The molecule has 2 aromatic rings. The maximum atomic E-state index is 11.8. The third-order valence-corrected chi connectivity index (χ3v) is 6.69. The number of hydrogen-bond donors (Lipinski definition) is 0. The van der Waals surface area contributed by atoms with Gasteiger partial charge in [0.25, 0.3) is 0 Å². The van der Waals surface area contributed by atoms with E-state index in [1.807, 2.05) is 53.4 Å². The molecule has 2 unspecified atom stereocenters. The molecule has 14 heteroatoms. The van der Waals surface area contributed by atoms with E-state index in [4.69, 9.17) is 16.6 Å². The van der Waals surface area contributed by atoms with Crippen molar-refractivity contribution in [2.75, 3.05) is 22.9 Å². The van der Waals surface area contributed by atoms with E-state index in [2.05, 4.69) is 57.8 Å². The van der Waals surface area contributed by atoms with E-state index >= 15 is 0 Å². The molecule has 34 heavy (non-hydrogen) atoms. The molecule has 2 heterocycles. The molecule has 0 radical (unpaired) electrons. The molecule has 0 saturated carbocycles. The van der Waals surface area contributed by atoms with Crippen LogP contribution in [0.1, 0.15) is 12.8 Å². The molecule has 2 aliphatic heterocycles. The van der Waals surface area contributed by atoms with Gasteiger partial charge in [0.15, 0.2) is 0 Å². The summed E-state index contributed by atoms with van der Waals surface area (Å²) in [6.45, 7) is 1.40. The number of amides is 2. The van der Waals surface area contributed by atoms with Crippen LogP contribution in [-0.4, -0.2) is 35.8 Å². The Hall–Kier alpha value is -1.56. The molecule has 0 aliphatic carbocycles. The van der Waals surface area contributed by atoms with E-state index in [0.717, 1.165) is 33.3 Å². The molecule has 0 spiro atoms. The van der Waals surface area contributed by atoms with Crippen molar-refractivity contribution in [1.82, 2.24) is 0 Å². The minimum atomic E-state index is -0.548. The van der Waals surface area contributed by atoms with Gasteiger partial charge in [0.1, 0.15) is 6.04 Å². The van der Waals surface area contributed by atoms with E-state index in [-0.39, 0.29) is 46.2 Å². The monoisotopic (exact) mass is 662 g/mol. The number of halogens is 3. The molecule has 2 fully saturated rings. The molecule has 2 saturated heterocycles. The fourth-order valence-corrected chi connectivity index (χ4v) is 4.21. The van der Waals surface area contributed by atoms with Crippen molar-refractivity contribution in [2.24, 2.45) is 5.11 Å². The van der Waals surface area contributed by atoms with Crippen molar-refractivity contribution < 1.29 is 39.1 Å². The number of anilines is 2. The van der Waals surface area contributed by atoms with E-state index in [1.54, 1.807) is 4.90 Å². The first-order valence-electron chi connectivity index (χ1n) is 9.63. The average Bonchev–Trinajstić information content (AvgIpc) is 3.33. The molecule has 0 bridgehead atoms. The number of alkyl halides is 1. The van der Waals surface area contributed by atoms with E-state index < -0.39 is 6.04 Å². The van der Waals surface area contributed by atoms with E-state index in [0.29, 0.717) is 13.0 Å². The quantitative estimate of drug-likeness (QED) is 0.162. The number of benzene rings is 2. The molecule has 2 atom stereocenters. The topological polar surface area (TPSA) is 148 Å². The molecule has 4 rings (SSSR count). The number of carbonyl (C=O) groups is 2. The van der Waals surface area contributed by atoms with Crippen LogP contribution < -0.4 is 39.4 Å². The number of carbonyl (C=O) groups excluding carboxylic acids is 2. The third kappa shape index (κ3) is 8.58. The number of azide groups is 1. The Kier molecular flexibility index (Phi) is 13.8. The summed E-state index contributed by atoms with van der Waals surface area (Å²) in [6, 6.07) is 14.7. The summed E-state index contributed by atoms with van der Waals surface area (Å²) in [6.07, 6.45) is 1.47. The second-order valence-corrected chi connectivity index (χ2v) is 9.72. The van der Waals surface area contributed by atoms with Crippen LogP contribution in [0.3, 0.4) is 0 Å². The van der Waals surface area contributed by atoms with E-state index in [9.17, 15) is 9.59 Å². The van der Waals surface area contributed by atoms with Crippen molar-refractivity contribution in [3.63, 3.8) is 0 Å². The van der Waals surface area contributed by atoms with Crippen LogP contribution in [0.15, 0.2) is 62.6 Å². The SMILES string of the molecule is O=C1C(Br)CCN1c1ccc(Br)cc1.[N-]=[N+]=NC1CCN(c2ccc(Br)cc2)C1=O.[N-]=[N+]=[N-].[Na+]. The Balaban J connectivity index is 0.000000299. The second kappa shape index (κ2) is 15.4. The van der Waals surface area contributed by atoms with Gasteiger partial charge in [-0.1, -0.05) is 52.9 Å². The van der Waals surface area contributed by atoms with Crippen molar-refractivity contribution in [2.45, 2.75) is 23.7 Å². The zero-order chi connectivity index (χ0) is 24.4. The maximum Gasteiger partial charge on any atom is 1.00 e. The predicted octanol–water partition coefficient (Wildman–Crippen LogP) is 3.68. The normalized spacial score (nSPS) is 18.4. The molecular weight excluding hydrogens is 647 g/mol. The summed E-state index contributed by atoms with van der Waals surface area (Å²) in [7, 11) is 0. The van der Waals surface area contributed by atoms with Gasteiger partial charge in [-0.05, 0) is 66.9 Å². The number of rotatable bonds is 3. The van der Waals surface area contributed by atoms with Crippen LogP contribution in [-0.2, 0) is 9.59 Å². The number of hydrogen-bond acceptors (Lipinski definition) is 3. The minimum absolute atomic E-state index is 0. The third-order valence-electron chi connectivity index (χ3n) is 4.78. The fraction of sp³-hybridized carbons (Fsp3) is 0.300. The molecule has 0 aromatic heterocycles. The van der Waals surface area contributed by atoms with Crippen molar-refractivity contribution >= 4 is 71.0 Å². The smallest absolute Gasteiger partial charge is 0.373 e. The average molecular weight is 665 g/mol. The zero-order valence-electron chi connectivity index (χ0n) is 18.1. The van der Waals surface area contributed by atoms with Gasteiger partial charge in [0, 0.05) is 38.3 Å². The largest absolute Gasteiger partial charge is 1.00 e. The summed E-state index contributed by atoms with van der Waals surface area (Å²) in [5.74, 6) is 0.0347. The van der Waals surface area contributed by atoms with Crippen molar-refractivity contribution in [1.29, 1.82) is 0 Å². The Bertz CT molecular complexity index is 1060. The standard InChI is InChI=1S/C10H9Br2NO.C10H9BrN4O.N3.Na/c11-7-1-3-8(4-2-7)13-6-5-9(12)10(13)14;11-7-1-3-8(4-2-7)15-6-5-9(10(15)16)13-14-12;1-3-2;/h1-4,9H,5-6H2;1-4,9H,5-6H2;;/q;;-1;+1. The Morgan fingerprint density at radius 2 is 1.21 bits per heavy atom. The summed E-state index contributed by atoms with van der Waals surface area (Å²) >= 11 is 10.1. The van der Waals surface area contributed by atoms with Crippen LogP contribution >= 0.6 is 47.8 Å².